The first kappa shape index (κ1) is 21.1. The molecular formula is C22H21ClN4O3S. The number of amides is 1. The number of carbonyl (C=O) groups excluding carboxylic acids is 1. The molecule has 0 unspecified atom stereocenters. The molecule has 0 radical (unpaired) electrons. The van der Waals surface area contributed by atoms with Crippen molar-refractivity contribution in [3.63, 3.8) is 0 Å². The van der Waals surface area contributed by atoms with E-state index in [4.69, 9.17) is 26.1 Å². The van der Waals surface area contributed by atoms with Gasteiger partial charge >= 0.3 is 0 Å². The van der Waals surface area contributed by atoms with Crippen molar-refractivity contribution in [2.24, 2.45) is 0 Å². The van der Waals surface area contributed by atoms with Gasteiger partial charge in [-0.25, -0.2) is 9.67 Å². The Morgan fingerprint density at radius 3 is 2.58 bits per heavy atom. The maximum absolute atomic E-state index is 13.3. The van der Waals surface area contributed by atoms with Crippen LogP contribution in [0.1, 0.15) is 30.2 Å². The van der Waals surface area contributed by atoms with Gasteiger partial charge in [-0.15, -0.1) is 11.3 Å². The van der Waals surface area contributed by atoms with Crippen LogP contribution in [0.25, 0.3) is 21.6 Å². The fraction of sp³-hybridized carbons (Fsp3) is 0.227. The third kappa shape index (κ3) is 3.96. The van der Waals surface area contributed by atoms with Gasteiger partial charge in [0.2, 0.25) is 0 Å². The Bertz CT molecular complexity index is 1250. The lowest BCUT2D eigenvalue weighted by Crippen LogP contribution is -2.14. The summed E-state index contributed by atoms with van der Waals surface area (Å²) in [6.07, 6.45) is 1.67. The molecule has 3 heterocycles. The number of hydrogen-bond donors (Lipinski definition) is 1. The summed E-state index contributed by atoms with van der Waals surface area (Å²) in [5.41, 5.74) is 2.26. The minimum atomic E-state index is -0.317. The highest BCUT2D eigenvalue weighted by atomic mass is 35.5. The van der Waals surface area contributed by atoms with Crippen LogP contribution in [0, 0.1) is 0 Å². The average molecular weight is 457 g/mol. The number of thiophene rings is 1. The van der Waals surface area contributed by atoms with Crippen LogP contribution in [0.4, 0.5) is 5.69 Å². The van der Waals surface area contributed by atoms with E-state index in [1.165, 1.54) is 14.2 Å². The number of ether oxygens (including phenoxy) is 2. The average Bonchev–Trinajstić information content (AvgIpc) is 3.43. The molecule has 31 heavy (non-hydrogen) atoms. The van der Waals surface area contributed by atoms with Crippen LogP contribution in [0.15, 0.2) is 41.9 Å². The number of anilines is 1. The van der Waals surface area contributed by atoms with Crippen LogP contribution < -0.4 is 14.8 Å². The number of rotatable bonds is 6. The summed E-state index contributed by atoms with van der Waals surface area (Å²) in [7, 11) is 3.05. The van der Waals surface area contributed by atoms with Gasteiger partial charge in [0.05, 0.1) is 52.6 Å². The molecule has 160 valence electrons. The third-order valence-corrected chi connectivity index (χ3v) is 6.00. The molecule has 0 bridgehead atoms. The maximum atomic E-state index is 13.3. The molecule has 0 atom stereocenters. The summed E-state index contributed by atoms with van der Waals surface area (Å²) in [4.78, 5) is 19.1. The van der Waals surface area contributed by atoms with Gasteiger partial charge in [-0.2, -0.15) is 5.10 Å². The van der Waals surface area contributed by atoms with Gasteiger partial charge in [0.25, 0.3) is 5.91 Å². The number of hydrogen-bond acceptors (Lipinski definition) is 6. The number of halogens is 1. The molecule has 0 aliphatic heterocycles. The second-order valence-electron chi connectivity index (χ2n) is 7.09. The SMILES string of the molecule is COc1cc(Cl)c(NC(=O)c2cc(-c3cccs3)nc3c2cnn3C(C)C)cc1OC. The number of benzene rings is 1. The molecule has 1 N–H and O–H groups in total. The highest BCUT2D eigenvalue weighted by Gasteiger charge is 2.20. The lowest BCUT2D eigenvalue weighted by atomic mass is 10.1. The molecule has 1 aromatic carbocycles. The zero-order valence-electron chi connectivity index (χ0n) is 17.5. The standard InChI is InChI=1S/C22H21ClN4O3S/c1-12(2)27-21-14(11-24-27)13(8-17(25-21)20-6-5-7-31-20)22(28)26-16-10-19(30-4)18(29-3)9-15(16)23/h5-12H,1-4H3,(H,26,28). The Balaban J connectivity index is 1.81. The number of methoxy groups -OCH3 is 2. The summed E-state index contributed by atoms with van der Waals surface area (Å²) < 4.78 is 12.4. The lowest BCUT2D eigenvalue weighted by molar-refractivity contribution is 0.102. The molecule has 1 amide bonds. The summed E-state index contributed by atoms with van der Waals surface area (Å²) >= 11 is 7.93. The third-order valence-electron chi connectivity index (χ3n) is 4.80. The first-order valence-electron chi connectivity index (χ1n) is 9.58. The lowest BCUT2D eigenvalue weighted by Gasteiger charge is -2.13. The first-order valence-corrected chi connectivity index (χ1v) is 10.8. The quantitative estimate of drug-likeness (QED) is 0.404. The second kappa shape index (κ2) is 8.56. The molecule has 4 rings (SSSR count). The highest BCUT2D eigenvalue weighted by Crippen LogP contribution is 2.37. The van der Waals surface area contributed by atoms with Gasteiger partial charge in [0.1, 0.15) is 0 Å². The summed E-state index contributed by atoms with van der Waals surface area (Å²) in [5, 5.41) is 10.3. The van der Waals surface area contributed by atoms with E-state index in [-0.39, 0.29) is 11.9 Å². The van der Waals surface area contributed by atoms with E-state index in [9.17, 15) is 4.79 Å². The monoisotopic (exact) mass is 456 g/mol. The minimum absolute atomic E-state index is 0.0970. The molecule has 4 aromatic rings. The van der Waals surface area contributed by atoms with Gasteiger partial charge in [-0.05, 0) is 31.4 Å². The van der Waals surface area contributed by atoms with Gasteiger partial charge in [-0.3, -0.25) is 4.79 Å². The Morgan fingerprint density at radius 2 is 1.94 bits per heavy atom. The Morgan fingerprint density at radius 1 is 1.19 bits per heavy atom. The molecule has 9 heteroatoms. The van der Waals surface area contributed by atoms with Gasteiger partial charge in [0, 0.05) is 18.2 Å². The summed E-state index contributed by atoms with van der Waals surface area (Å²) in [6, 6.07) is 9.04. The van der Waals surface area contributed by atoms with Crippen molar-refractivity contribution in [1.29, 1.82) is 0 Å². The number of nitrogens with zero attached hydrogens (tertiary/aromatic N) is 3. The normalized spacial score (nSPS) is 11.2. The molecule has 3 aromatic heterocycles. The van der Waals surface area contributed by atoms with E-state index in [2.05, 4.69) is 10.4 Å². The minimum Gasteiger partial charge on any atom is -0.493 e. The van der Waals surface area contributed by atoms with Crippen molar-refractivity contribution < 1.29 is 14.3 Å². The first-order chi connectivity index (χ1) is 14.9. The van der Waals surface area contributed by atoms with Crippen molar-refractivity contribution in [3.05, 3.63) is 52.5 Å². The van der Waals surface area contributed by atoms with Crippen LogP contribution in [0.5, 0.6) is 11.5 Å². The van der Waals surface area contributed by atoms with Gasteiger partial charge < -0.3 is 14.8 Å². The van der Waals surface area contributed by atoms with Crippen LogP contribution in [-0.2, 0) is 0 Å². The summed E-state index contributed by atoms with van der Waals surface area (Å²) in [6.45, 7) is 4.05. The molecule has 0 aliphatic carbocycles. The second-order valence-corrected chi connectivity index (χ2v) is 8.45. The predicted molar refractivity (Wildman–Crippen MR) is 124 cm³/mol. The number of nitrogens with one attached hydrogen (secondary N) is 1. The molecule has 0 fully saturated rings. The van der Waals surface area contributed by atoms with E-state index in [1.807, 2.05) is 36.0 Å². The molecule has 0 saturated heterocycles. The maximum Gasteiger partial charge on any atom is 0.256 e. The summed E-state index contributed by atoms with van der Waals surface area (Å²) in [5.74, 6) is 0.631. The molecular weight excluding hydrogens is 436 g/mol. The van der Waals surface area contributed by atoms with Crippen molar-refractivity contribution in [2.75, 3.05) is 19.5 Å². The van der Waals surface area contributed by atoms with Gasteiger partial charge in [0.15, 0.2) is 17.1 Å². The topological polar surface area (TPSA) is 78.3 Å². The number of aromatic nitrogens is 3. The van der Waals surface area contributed by atoms with E-state index < -0.39 is 0 Å². The van der Waals surface area contributed by atoms with Gasteiger partial charge in [-0.1, -0.05) is 17.7 Å². The fourth-order valence-corrected chi connectivity index (χ4v) is 4.16. The van der Waals surface area contributed by atoms with Crippen molar-refractivity contribution in [3.8, 4) is 22.1 Å². The number of pyridine rings is 1. The Hall–Kier alpha value is -3.10. The predicted octanol–water partition coefficient (Wildman–Crippen LogP) is 5.66. The van der Waals surface area contributed by atoms with E-state index in [0.717, 1.165) is 4.88 Å². The van der Waals surface area contributed by atoms with Crippen LogP contribution >= 0.6 is 22.9 Å². The van der Waals surface area contributed by atoms with Crippen LogP contribution in [-0.4, -0.2) is 34.9 Å². The Labute approximate surface area is 188 Å². The molecule has 0 saturated carbocycles. The largest absolute Gasteiger partial charge is 0.493 e. The molecule has 0 spiro atoms. The highest BCUT2D eigenvalue weighted by molar-refractivity contribution is 7.13. The molecule has 7 nitrogen and oxygen atoms in total. The van der Waals surface area contributed by atoms with Crippen molar-refractivity contribution in [2.45, 2.75) is 19.9 Å². The fourth-order valence-electron chi connectivity index (χ4n) is 3.27. The zero-order chi connectivity index (χ0) is 22.1. The number of carbonyl (C=O) groups is 1. The van der Waals surface area contributed by atoms with Crippen molar-refractivity contribution >= 4 is 45.6 Å². The van der Waals surface area contributed by atoms with E-state index in [0.29, 0.717) is 44.5 Å². The van der Waals surface area contributed by atoms with Crippen LogP contribution in [0.3, 0.4) is 0 Å². The van der Waals surface area contributed by atoms with E-state index >= 15 is 0 Å². The van der Waals surface area contributed by atoms with Crippen molar-refractivity contribution in [1.82, 2.24) is 14.8 Å². The number of fused-ring (bicyclic) bond motifs is 1. The van der Waals surface area contributed by atoms with Crippen LogP contribution in [0.2, 0.25) is 5.02 Å². The smallest absolute Gasteiger partial charge is 0.256 e. The molecule has 0 aliphatic rings. The zero-order valence-corrected chi connectivity index (χ0v) is 19.0. The van der Waals surface area contributed by atoms with E-state index in [1.54, 1.807) is 35.7 Å². The Kier molecular flexibility index (Phi) is 5.84.